The first-order valence-electron chi connectivity index (χ1n) is 8.90. The molecule has 0 spiro atoms. The van der Waals surface area contributed by atoms with Crippen LogP contribution in [-0.2, 0) is 4.79 Å². The van der Waals surface area contributed by atoms with Gasteiger partial charge in [-0.2, -0.15) is 0 Å². The number of hydrogen-bond acceptors (Lipinski definition) is 1. The van der Waals surface area contributed by atoms with Gasteiger partial charge in [-0.15, -0.1) is 0 Å². The van der Waals surface area contributed by atoms with Crippen molar-refractivity contribution in [1.82, 2.24) is 0 Å². The van der Waals surface area contributed by atoms with E-state index in [1.54, 1.807) is 0 Å². The van der Waals surface area contributed by atoms with Crippen molar-refractivity contribution < 1.29 is 4.79 Å². The number of carbonyl (C=O) groups excluding carboxylic acids is 1. The van der Waals surface area contributed by atoms with E-state index in [1.807, 2.05) is 0 Å². The number of hydrogen-bond donors (Lipinski definition) is 0. The van der Waals surface area contributed by atoms with Gasteiger partial charge in [-0.05, 0) is 50.4 Å². The maximum atomic E-state index is 12.9. The first-order chi connectivity index (χ1) is 9.36. The Kier molecular flexibility index (Phi) is 4.61. The summed E-state index contributed by atoms with van der Waals surface area (Å²) in [5.74, 6) is 3.13. The summed E-state index contributed by atoms with van der Waals surface area (Å²) in [6.07, 6.45) is 17.4. The van der Waals surface area contributed by atoms with Crippen LogP contribution >= 0.6 is 0 Å². The molecule has 0 aliphatic heterocycles. The second-order valence-electron chi connectivity index (χ2n) is 7.34. The van der Waals surface area contributed by atoms with Crippen molar-refractivity contribution in [3.63, 3.8) is 0 Å². The SMILES string of the molecule is O=C1[C@H](C2CCCCC2)CCC[C@H]1C1CCCCC1. The summed E-state index contributed by atoms with van der Waals surface area (Å²) in [6, 6.07) is 0. The summed E-state index contributed by atoms with van der Waals surface area (Å²) in [7, 11) is 0. The van der Waals surface area contributed by atoms with Gasteiger partial charge in [-0.3, -0.25) is 4.79 Å². The summed E-state index contributed by atoms with van der Waals surface area (Å²) in [4.78, 5) is 12.9. The van der Waals surface area contributed by atoms with Crippen molar-refractivity contribution in [2.24, 2.45) is 23.7 Å². The Bertz CT molecular complexity index is 269. The molecule has 0 aromatic carbocycles. The summed E-state index contributed by atoms with van der Waals surface area (Å²) in [6.45, 7) is 0. The van der Waals surface area contributed by atoms with Crippen LogP contribution in [0.2, 0.25) is 0 Å². The van der Waals surface area contributed by atoms with Crippen molar-refractivity contribution in [3.05, 3.63) is 0 Å². The lowest BCUT2D eigenvalue weighted by molar-refractivity contribution is -0.134. The molecule has 1 heteroatoms. The first-order valence-corrected chi connectivity index (χ1v) is 8.90. The van der Waals surface area contributed by atoms with Crippen LogP contribution in [0, 0.1) is 23.7 Å². The Labute approximate surface area is 118 Å². The molecule has 3 saturated carbocycles. The normalized spacial score (nSPS) is 35.5. The number of Topliss-reactive ketones (excluding diaryl/α,β-unsaturated/α-hetero) is 1. The third-order valence-electron chi connectivity index (χ3n) is 6.20. The average molecular weight is 262 g/mol. The summed E-state index contributed by atoms with van der Waals surface area (Å²) >= 11 is 0. The zero-order chi connectivity index (χ0) is 13.1. The lowest BCUT2D eigenvalue weighted by Crippen LogP contribution is -2.38. The molecule has 1 nitrogen and oxygen atoms in total. The van der Waals surface area contributed by atoms with Crippen molar-refractivity contribution in [1.29, 1.82) is 0 Å². The van der Waals surface area contributed by atoms with Crippen LogP contribution in [-0.4, -0.2) is 5.78 Å². The van der Waals surface area contributed by atoms with E-state index >= 15 is 0 Å². The Morgan fingerprint density at radius 3 is 1.37 bits per heavy atom. The predicted octanol–water partition coefficient (Wildman–Crippen LogP) is 5.13. The third-order valence-corrected chi connectivity index (χ3v) is 6.20. The zero-order valence-corrected chi connectivity index (χ0v) is 12.4. The molecule has 3 fully saturated rings. The van der Waals surface area contributed by atoms with E-state index in [0.29, 0.717) is 17.6 Å². The minimum Gasteiger partial charge on any atom is -0.299 e. The molecule has 108 valence electrons. The maximum absolute atomic E-state index is 12.9. The van der Waals surface area contributed by atoms with Crippen LogP contribution in [0.3, 0.4) is 0 Å². The van der Waals surface area contributed by atoms with Crippen molar-refractivity contribution in [3.8, 4) is 0 Å². The highest BCUT2D eigenvalue weighted by atomic mass is 16.1. The average Bonchev–Trinajstić information content (AvgIpc) is 2.49. The van der Waals surface area contributed by atoms with Crippen molar-refractivity contribution in [2.75, 3.05) is 0 Å². The van der Waals surface area contributed by atoms with Gasteiger partial charge >= 0.3 is 0 Å². The molecule has 19 heavy (non-hydrogen) atoms. The van der Waals surface area contributed by atoms with Gasteiger partial charge in [0.25, 0.3) is 0 Å². The van der Waals surface area contributed by atoms with Crippen LogP contribution < -0.4 is 0 Å². The van der Waals surface area contributed by atoms with Crippen molar-refractivity contribution in [2.45, 2.75) is 83.5 Å². The lowest BCUT2D eigenvalue weighted by Gasteiger charge is -2.39. The van der Waals surface area contributed by atoms with E-state index in [1.165, 1.54) is 83.5 Å². The van der Waals surface area contributed by atoms with E-state index in [-0.39, 0.29) is 0 Å². The second kappa shape index (κ2) is 6.41. The van der Waals surface area contributed by atoms with Crippen molar-refractivity contribution >= 4 is 5.78 Å². The highest BCUT2D eigenvalue weighted by Crippen LogP contribution is 2.43. The van der Waals surface area contributed by atoms with Gasteiger partial charge in [0.2, 0.25) is 0 Å². The summed E-state index contributed by atoms with van der Waals surface area (Å²) < 4.78 is 0. The van der Waals surface area contributed by atoms with Gasteiger partial charge in [0.1, 0.15) is 5.78 Å². The molecular formula is C18H30O. The Morgan fingerprint density at radius 2 is 0.947 bits per heavy atom. The van der Waals surface area contributed by atoms with Gasteiger partial charge in [0, 0.05) is 11.8 Å². The van der Waals surface area contributed by atoms with E-state index in [9.17, 15) is 4.79 Å². The van der Waals surface area contributed by atoms with Crippen LogP contribution in [0.5, 0.6) is 0 Å². The van der Waals surface area contributed by atoms with Gasteiger partial charge in [0.05, 0.1) is 0 Å². The monoisotopic (exact) mass is 262 g/mol. The zero-order valence-electron chi connectivity index (χ0n) is 12.4. The smallest absolute Gasteiger partial charge is 0.139 e. The molecule has 0 N–H and O–H groups in total. The molecule has 0 amide bonds. The lowest BCUT2D eigenvalue weighted by atomic mass is 9.65. The first kappa shape index (κ1) is 13.6. The Balaban J connectivity index is 1.64. The molecule has 3 rings (SSSR count). The van der Waals surface area contributed by atoms with E-state index < -0.39 is 0 Å². The fraction of sp³-hybridized carbons (Fsp3) is 0.944. The van der Waals surface area contributed by atoms with Crippen LogP contribution in [0.1, 0.15) is 83.5 Å². The molecule has 0 aromatic rings. The van der Waals surface area contributed by atoms with E-state index in [2.05, 4.69) is 0 Å². The van der Waals surface area contributed by atoms with Crippen LogP contribution in [0.4, 0.5) is 0 Å². The minimum atomic E-state index is 0.459. The number of ketones is 1. The highest BCUT2D eigenvalue weighted by Gasteiger charge is 2.39. The molecule has 0 heterocycles. The number of carbonyl (C=O) groups is 1. The fourth-order valence-corrected chi connectivity index (χ4v) is 5.13. The fourth-order valence-electron chi connectivity index (χ4n) is 5.13. The highest BCUT2D eigenvalue weighted by molar-refractivity contribution is 5.84. The molecule has 0 radical (unpaired) electrons. The topological polar surface area (TPSA) is 17.1 Å². The molecule has 0 bridgehead atoms. The summed E-state index contributed by atoms with van der Waals surface area (Å²) in [5, 5.41) is 0. The molecule has 3 aliphatic carbocycles. The Morgan fingerprint density at radius 1 is 0.526 bits per heavy atom. The molecule has 2 atom stereocenters. The predicted molar refractivity (Wildman–Crippen MR) is 79.0 cm³/mol. The molecule has 0 unspecified atom stereocenters. The van der Waals surface area contributed by atoms with Crippen LogP contribution in [0.25, 0.3) is 0 Å². The van der Waals surface area contributed by atoms with Crippen LogP contribution in [0.15, 0.2) is 0 Å². The number of rotatable bonds is 2. The van der Waals surface area contributed by atoms with E-state index in [4.69, 9.17) is 0 Å². The quantitative estimate of drug-likeness (QED) is 0.674. The van der Waals surface area contributed by atoms with Gasteiger partial charge in [-0.1, -0.05) is 44.9 Å². The molecule has 0 aromatic heterocycles. The molecule has 3 aliphatic rings. The Hall–Kier alpha value is -0.330. The molecule has 0 saturated heterocycles. The third kappa shape index (κ3) is 3.06. The maximum Gasteiger partial charge on any atom is 0.139 e. The second-order valence-corrected chi connectivity index (χ2v) is 7.34. The minimum absolute atomic E-state index is 0.459. The van der Waals surface area contributed by atoms with E-state index in [0.717, 1.165) is 11.8 Å². The standard InChI is InChI=1S/C18H30O/c19-18-16(14-8-3-1-4-9-14)12-7-13-17(18)15-10-5-2-6-11-15/h14-17H,1-13H2/t16-,17-/m0/s1. The molecular weight excluding hydrogens is 232 g/mol. The van der Waals surface area contributed by atoms with Gasteiger partial charge in [0.15, 0.2) is 0 Å². The van der Waals surface area contributed by atoms with Gasteiger partial charge < -0.3 is 0 Å². The largest absolute Gasteiger partial charge is 0.299 e. The van der Waals surface area contributed by atoms with Gasteiger partial charge in [-0.25, -0.2) is 0 Å². The summed E-state index contributed by atoms with van der Waals surface area (Å²) in [5.41, 5.74) is 0.